The summed E-state index contributed by atoms with van der Waals surface area (Å²) in [7, 11) is 0. The van der Waals surface area contributed by atoms with Gasteiger partial charge in [-0.1, -0.05) is 6.07 Å². The molecule has 24 heavy (non-hydrogen) atoms. The van der Waals surface area contributed by atoms with E-state index in [1.165, 1.54) is 18.2 Å². The summed E-state index contributed by atoms with van der Waals surface area (Å²) >= 11 is 2.91. The molecule has 1 aromatic heterocycles. The number of hydrogen-bond donors (Lipinski definition) is 0. The summed E-state index contributed by atoms with van der Waals surface area (Å²) in [6, 6.07) is 7.74. The third-order valence-electron chi connectivity index (χ3n) is 3.28. The number of nitrogens with zero attached hydrogens (tertiary/aromatic N) is 2. The van der Waals surface area contributed by atoms with Crippen LogP contribution < -0.4 is 4.74 Å². The predicted octanol–water partition coefficient (Wildman–Crippen LogP) is 5.28. The van der Waals surface area contributed by atoms with Crippen LogP contribution in [0.25, 0.3) is 10.9 Å². The Morgan fingerprint density at radius 1 is 1.21 bits per heavy atom. The van der Waals surface area contributed by atoms with Crippen molar-refractivity contribution in [3.63, 3.8) is 0 Å². The predicted molar refractivity (Wildman–Crippen MR) is 87.3 cm³/mol. The van der Waals surface area contributed by atoms with Crippen molar-refractivity contribution < 1.29 is 18.4 Å². The van der Waals surface area contributed by atoms with Crippen LogP contribution in [0.4, 0.5) is 14.5 Å². The first-order valence-electron chi connectivity index (χ1n) is 6.74. The van der Waals surface area contributed by atoms with Gasteiger partial charge < -0.3 is 4.74 Å². The van der Waals surface area contributed by atoms with Gasteiger partial charge in [0.15, 0.2) is 17.1 Å². The van der Waals surface area contributed by atoms with E-state index >= 15 is 0 Å². The van der Waals surface area contributed by atoms with E-state index in [9.17, 15) is 18.9 Å². The maximum atomic E-state index is 14.1. The van der Waals surface area contributed by atoms with Crippen LogP contribution >= 0.6 is 15.9 Å². The Bertz CT molecular complexity index is 979. The van der Waals surface area contributed by atoms with Gasteiger partial charge in [0.1, 0.15) is 11.6 Å². The molecule has 0 saturated carbocycles. The number of fused-ring (bicyclic) bond motifs is 1. The molecule has 0 unspecified atom stereocenters. The minimum absolute atomic E-state index is 0.0847. The van der Waals surface area contributed by atoms with Gasteiger partial charge >= 0.3 is 0 Å². The van der Waals surface area contributed by atoms with Crippen molar-refractivity contribution in [1.29, 1.82) is 0 Å². The summed E-state index contributed by atoms with van der Waals surface area (Å²) in [5, 5.41) is 11.5. The molecule has 0 aliphatic carbocycles. The minimum Gasteiger partial charge on any atom is -0.453 e. The molecule has 0 radical (unpaired) electrons. The number of non-ortho nitro benzene ring substituents is 1. The zero-order chi connectivity index (χ0) is 17.4. The van der Waals surface area contributed by atoms with E-state index in [2.05, 4.69) is 20.9 Å². The first-order valence-corrected chi connectivity index (χ1v) is 7.53. The molecule has 2 aromatic carbocycles. The molecule has 0 N–H and O–H groups in total. The molecule has 5 nitrogen and oxygen atoms in total. The Morgan fingerprint density at radius 2 is 1.96 bits per heavy atom. The van der Waals surface area contributed by atoms with E-state index in [4.69, 9.17) is 4.74 Å². The third-order valence-corrected chi connectivity index (χ3v) is 3.86. The second-order valence-corrected chi connectivity index (χ2v) is 5.85. The zero-order valence-electron chi connectivity index (χ0n) is 12.2. The second kappa shape index (κ2) is 6.12. The monoisotopic (exact) mass is 394 g/mol. The number of nitro groups is 1. The quantitative estimate of drug-likeness (QED) is 0.344. The van der Waals surface area contributed by atoms with Gasteiger partial charge in [0, 0.05) is 23.9 Å². The van der Waals surface area contributed by atoms with Gasteiger partial charge in [-0.15, -0.1) is 0 Å². The summed E-state index contributed by atoms with van der Waals surface area (Å²) in [4.78, 5) is 14.7. The number of para-hydroxylation sites is 1. The maximum Gasteiger partial charge on any atom is 0.295 e. The van der Waals surface area contributed by atoms with Crippen LogP contribution in [0.2, 0.25) is 0 Å². The van der Waals surface area contributed by atoms with Crippen LogP contribution in [0.1, 0.15) is 5.69 Å². The van der Waals surface area contributed by atoms with Crippen LogP contribution in [0.3, 0.4) is 0 Å². The van der Waals surface area contributed by atoms with Crippen molar-refractivity contribution >= 4 is 32.5 Å². The molecule has 0 atom stereocenters. The molecule has 122 valence electrons. The number of aromatic nitrogens is 1. The van der Waals surface area contributed by atoms with E-state index in [0.717, 1.165) is 12.1 Å². The second-order valence-electron chi connectivity index (χ2n) is 4.99. The lowest BCUT2D eigenvalue weighted by molar-refractivity contribution is -0.383. The first-order chi connectivity index (χ1) is 11.4. The Balaban J connectivity index is 2.21. The Kier molecular flexibility index (Phi) is 4.15. The normalized spacial score (nSPS) is 10.8. The van der Waals surface area contributed by atoms with Gasteiger partial charge in [0.05, 0.1) is 14.8 Å². The van der Waals surface area contributed by atoms with E-state index in [-0.39, 0.29) is 27.2 Å². The lowest BCUT2D eigenvalue weighted by atomic mass is 10.1. The number of nitro benzene ring substituents is 1. The zero-order valence-corrected chi connectivity index (χ0v) is 13.8. The highest BCUT2D eigenvalue weighted by atomic mass is 79.9. The van der Waals surface area contributed by atoms with Crippen LogP contribution in [0.5, 0.6) is 11.5 Å². The molecule has 0 aliphatic heterocycles. The average Bonchev–Trinajstić information content (AvgIpc) is 2.51. The molecule has 8 heteroatoms. The molecular weight excluding hydrogens is 386 g/mol. The van der Waals surface area contributed by atoms with Crippen molar-refractivity contribution in [3.8, 4) is 11.5 Å². The van der Waals surface area contributed by atoms with Crippen LogP contribution in [-0.4, -0.2) is 9.91 Å². The molecule has 1 heterocycles. The van der Waals surface area contributed by atoms with Gasteiger partial charge in [-0.3, -0.25) is 10.1 Å². The largest absolute Gasteiger partial charge is 0.453 e. The number of ether oxygens (including phenoxy) is 1. The average molecular weight is 395 g/mol. The van der Waals surface area contributed by atoms with Gasteiger partial charge in [-0.05, 0) is 35.0 Å². The van der Waals surface area contributed by atoms with Gasteiger partial charge in [-0.2, -0.15) is 0 Å². The molecule has 3 rings (SSSR count). The van der Waals surface area contributed by atoms with Gasteiger partial charge in [0.2, 0.25) is 0 Å². The topological polar surface area (TPSA) is 65.3 Å². The fourth-order valence-electron chi connectivity index (χ4n) is 2.28. The fraction of sp³-hybridized carbons (Fsp3) is 0.0625. The highest BCUT2D eigenvalue weighted by molar-refractivity contribution is 9.10. The minimum atomic E-state index is -0.774. The Labute approximate surface area is 143 Å². The van der Waals surface area contributed by atoms with E-state index in [1.54, 1.807) is 13.0 Å². The molecule has 0 spiro atoms. The Morgan fingerprint density at radius 3 is 2.67 bits per heavy atom. The maximum absolute atomic E-state index is 14.1. The van der Waals surface area contributed by atoms with Crippen molar-refractivity contribution in [3.05, 3.63) is 68.3 Å². The third kappa shape index (κ3) is 2.92. The number of hydrogen-bond acceptors (Lipinski definition) is 4. The molecule has 3 aromatic rings. The molecule has 0 aliphatic rings. The van der Waals surface area contributed by atoms with Crippen LogP contribution in [-0.2, 0) is 0 Å². The van der Waals surface area contributed by atoms with Crippen molar-refractivity contribution in [2.24, 2.45) is 0 Å². The number of halogens is 3. The fourth-order valence-corrected chi connectivity index (χ4v) is 2.69. The molecule has 0 saturated heterocycles. The van der Waals surface area contributed by atoms with E-state index in [0.29, 0.717) is 11.1 Å². The van der Waals surface area contributed by atoms with E-state index in [1.807, 2.05) is 0 Å². The Hall–Kier alpha value is -2.61. The molecule has 0 bridgehead atoms. The highest BCUT2D eigenvalue weighted by Crippen LogP contribution is 2.36. The van der Waals surface area contributed by atoms with E-state index < -0.39 is 16.6 Å². The number of pyridine rings is 1. The van der Waals surface area contributed by atoms with Crippen LogP contribution in [0, 0.1) is 28.7 Å². The first kappa shape index (κ1) is 16.3. The summed E-state index contributed by atoms with van der Waals surface area (Å²) < 4.78 is 33.0. The van der Waals surface area contributed by atoms with Crippen molar-refractivity contribution in [2.45, 2.75) is 6.92 Å². The smallest absolute Gasteiger partial charge is 0.295 e. The summed E-state index contributed by atoms with van der Waals surface area (Å²) in [6.07, 6.45) is 0. The molecule has 0 amide bonds. The van der Waals surface area contributed by atoms with Gasteiger partial charge in [0.25, 0.3) is 5.69 Å². The van der Waals surface area contributed by atoms with Crippen molar-refractivity contribution in [1.82, 2.24) is 4.98 Å². The molecular formula is C16H9BrF2N2O3. The number of benzene rings is 2. The lowest BCUT2D eigenvalue weighted by Crippen LogP contribution is -1.97. The lowest BCUT2D eigenvalue weighted by Gasteiger charge is -2.11. The molecule has 0 fully saturated rings. The van der Waals surface area contributed by atoms with Crippen molar-refractivity contribution in [2.75, 3.05) is 0 Å². The van der Waals surface area contributed by atoms with Gasteiger partial charge in [-0.25, -0.2) is 13.8 Å². The SMILES string of the molecule is Cc1cc(Oc2cc(F)cc(Br)c2F)c2cccc([N+](=O)[O-])c2n1. The summed E-state index contributed by atoms with van der Waals surface area (Å²) in [6.45, 7) is 1.63. The number of aryl methyl sites for hydroxylation is 1. The number of rotatable bonds is 3. The van der Waals surface area contributed by atoms with Crippen LogP contribution in [0.15, 0.2) is 40.9 Å². The summed E-state index contributed by atoms with van der Waals surface area (Å²) in [5.41, 5.74) is 0.373. The highest BCUT2D eigenvalue weighted by Gasteiger charge is 2.18. The standard InChI is InChI=1S/C16H9BrF2N2O3/c1-8-5-13(24-14-7-9(18)6-11(17)15(14)19)10-3-2-4-12(21(22)23)16(10)20-8/h2-7H,1H3. The summed E-state index contributed by atoms with van der Waals surface area (Å²) in [5.74, 6) is -1.64.